The molecule has 1 atom stereocenters. The number of rotatable bonds is 3. The summed E-state index contributed by atoms with van der Waals surface area (Å²) in [6.45, 7) is 2.57. The van der Waals surface area contributed by atoms with E-state index in [0.29, 0.717) is 37.7 Å². The molecule has 0 radical (unpaired) electrons. The van der Waals surface area contributed by atoms with E-state index in [-0.39, 0.29) is 23.9 Å². The molecule has 2 fully saturated rings. The molecule has 1 aromatic heterocycles. The van der Waals surface area contributed by atoms with Crippen LogP contribution in [0.25, 0.3) is 5.69 Å². The van der Waals surface area contributed by atoms with Crippen LogP contribution in [0.5, 0.6) is 0 Å². The third kappa shape index (κ3) is 3.02. The van der Waals surface area contributed by atoms with Gasteiger partial charge in [0.25, 0.3) is 5.91 Å². The normalized spacial score (nSPS) is 22.6. The Morgan fingerprint density at radius 1 is 1.14 bits per heavy atom. The van der Waals surface area contributed by atoms with Crippen LogP contribution in [0, 0.1) is 11.7 Å². The van der Waals surface area contributed by atoms with Crippen LogP contribution in [0.3, 0.4) is 0 Å². The summed E-state index contributed by atoms with van der Waals surface area (Å²) in [4.78, 5) is 15.2. The van der Waals surface area contributed by atoms with E-state index in [4.69, 9.17) is 9.47 Å². The molecule has 0 saturated carbocycles. The molecule has 5 rings (SSSR count). The third-order valence-corrected chi connectivity index (χ3v) is 5.99. The third-order valence-electron chi connectivity index (χ3n) is 5.99. The molecule has 2 aromatic rings. The van der Waals surface area contributed by atoms with Crippen LogP contribution >= 0.6 is 0 Å². The van der Waals surface area contributed by atoms with Crippen molar-refractivity contribution in [3.05, 3.63) is 47.0 Å². The van der Waals surface area contributed by atoms with Gasteiger partial charge in [0.2, 0.25) is 0 Å². The van der Waals surface area contributed by atoms with Crippen LogP contribution in [0.1, 0.15) is 41.0 Å². The Hall–Kier alpha value is -2.25. The SMILES string of the molecule is O=C(c1nn(-c2ccccc2F)c2c1CCC2)N1CCCC(C2OCCO2)C1. The summed E-state index contributed by atoms with van der Waals surface area (Å²) in [6.07, 6.45) is 4.31. The first-order valence-electron chi connectivity index (χ1n) is 10.1. The number of likely N-dealkylation sites (tertiary alicyclic amines) is 1. The van der Waals surface area contributed by atoms with E-state index in [0.717, 1.165) is 43.4 Å². The molecular formula is C21H24FN3O3. The summed E-state index contributed by atoms with van der Waals surface area (Å²) in [7, 11) is 0. The fourth-order valence-electron chi connectivity index (χ4n) is 4.65. The second-order valence-electron chi connectivity index (χ2n) is 7.75. The monoisotopic (exact) mass is 385 g/mol. The standard InChI is InChI=1S/C21H24FN3O3/c22-16-7-1-2-8-18(16)25-17-9-3-6-15(17)19(23-25)20(26)24-10-4-5-14(13-24)21-27-11-12-28-21/h1-2,7-8,14,21H,3-6,9-13H2. The highest BCUT2D eigenvalue weighted by Gasteiger charge is 2.36. The van der Waals surface area contributed by atoms with E-state index in [9.17, 15) is 9.18 Å². The summed E-state index contributed by atoms with van der Waals surface area (Å²) in [5.41, 5.74) is 2.82. The summed E-state index contributed by atoms with van der Waals surface area (Å²) < 4.78 is 27.3. The average molecular weight is 385 g/mol. The number of carbonyl (C=O) groups is 1. The molecule has 0 spiro atoms. The number of aromatic nitrogens is 2. The zero-order valence-corrected chi connectivity index (χ0v) is 15.8. The Kier molecular flexibility index (Phi) is 4.64. The second kappa shape index (κ2) is 7.29. The number of carbonyl (C=O) groups excluding carboxylic acids is 1. The number of hydrogen-bond acceptors (Lipinski definition) is 4. The van der Waals surface area contributed by atoms with Crippen LogP contribution < -0.4 is 0 Å². The van der Waals surface area contributed by atoms with Crippen molar-refractivity contribution >= 4 is 5.91 Å². The summed E-state index contributed by atoms with van der Waals surface area (Å²) in [5, 5.41) is 4.58. The second-order valence-corrected chi connectivity index (χ2v) is 7.75. The lowest BCUT2D eigenvalue weighted by Crippen LogP contribution is -2.44. The highest BCUT2D eigenvalue weighted by molar-refractivity contribution is 5.94. The minimum atomic E-state index is -0.327. The average Bonchev–Trinajstić information content (AvgIpc) is 3.46. The number of benzene rings is 1. The van der Waals surface area contributed by atoms with Gasteiger partial charge in [0.05, 0.1) is 13.2 Å². The van der Waals surface area contributed by atoms with Gasteiger partial charge >= 0.3 is 0 Å². The van der Waals surface area contributed by atoms with Crippen molar-refractivity contribution in [1.82, 2.24) is 14.7 Å². The zero-order chi connectivity index (χ0) is 19.1. The van der Waals surface area contributed by atoms with Gasteiger partial charge in [-0.05, 0) is 44.2 Å². The van der Waals surface area contributed by atoms with E-state index in [1.54, 1.807) is 22.9 Å². The summed E-state index contributed by atoms with van der Waals surface area (Å²) in [6, 6.07) is 6.59. The first kappa shape index (κ1) is 17.8. The van der Waals surface area contributed by atoms with Gasteiger partial charge in [-0.1, -0.05) is 12.1 Å². The van der Waals surface area contributed by atoms with Crippen LogP contribution in [0.4, 0.5) is 4.39 Å². The molecule has 6 nitrogen and oxygen atoms in total. The van der Waals surface area contributed by atoms with Crippen molar-refractivity contribution < 1.29 is 18.7 Å². The highest BCUT2D eigenvalue weighted by atomic mass is 19.1. The zero-order valence-electron chi connectivity index (χ0n) is 15.8. The summed E-state index contributed by atoms with van der Waals surface area (Å²) >= 11 is 0. The van der Waals surface area contributed by atoms with Gasteiger partial charge < -0.3 is 14.4 Å². The molecule has 28 heavy (non-hydrogen) atoms. The van der Waals surface area contributed by atoms with E-state index in [2.05, 4.69) is 5.10 Å². The lowest BCUT2D eigenvalue weighted by atomic mass is 9.97. The van der Waals surface area contributed by atoms with E-state index >= 15 is 0 Å². The minimum absolute atomic E-state index is 0.0593. The van der Waals surface area contributed by atoms with Gasteiger partial charge in [-0.15, -0.1) is 0 Å². The first-order valence-corrected chi connectivity index (χ1v) is 10.1. The lowest BCUT2D eigenvalue weighted by molar-refractivity contribution is -0.0969. The number of halogens is 1. The number of ether oxygens (including phenoxy) is 2. The molecule has 0 bridgehead atoms. The van der Waals surface area contributed by atoms with E-state index in [1.165, 1.54) is 6.07 Å². The maximum absolute atomic E-state index is 14.3. The van der Waals surface area contributed by atoms with E-state index in [1.807, 2.05) is 4.90 Å². The molecule has 2 aliphatic heterocycles. The molecule has 3 aliphatic rings. The van der Waals surface area contributed by atoms with Gasteiger partial charge in [0.1, 0.15) is 11.5 Å². The molecule has 1 amide bonds. The first-order chi connectivity index (χ1) is 13.7. The predicted molar refractivity (Wildman–Crippen MR) is 99.9 cm³/mol. The smallest absolute Gasteiger partial charge is 0.274 e. The van der Waals surface area contributed by atoms with Crippen molar-refractivity contribution in [2.45, 2.75) is 38.4 Å². The van der Waals surface area contributed by atoms with E-state index < -0.39 is 0 Å². The van der Waals surface area contributed by atoms with Crippen LogP contribution in [0.15, 0.2) is 24.3 Å². The number of amides is 1. The Bertz CT molecular complexity index is 891. The quantitative estimate of drug-likeness (QED) is 0.815. The maximum atomic E-state index is 14.3. The number of fused-ring (bicyclic) bond motifs is 1. The topological polar surface area (TPSA) is 56.6 Å². The molecule has 148 valence electrons. The van der Waals surface area contributed by atoms with Gasteiger partial charge in [-0.25, -0.2) is 9.07 Å². The molecule has 7 heteroatoms. The van der Waals surface area contributed by atoms with Crippen molar-refractivity contribution in [3.8, 4) is 5.69 Å². The molecule has 0 N–H and O–H groups in total. The van der Waals surface area contributed by atoms with Crippen molar-refractivity contribution in [1.29, 1.82) is 0 Å². The largest absolute Gasteiger partial charge is 0.350 e. The van der Waals surface area contributed by atoms with Crippen molar-refractivity contribution in [3.63, 3.8) is 0 Å². The van der Waals surface area contributed by atoms with Crippen LogP contribution in [-0.2, 0) is 22.3 Å². The minimum Gasteiger partial charge on any atom is -0.350 e. The Morgan fingerprint density at radius 2 is 1.96 bits per heavy atom. The van der Waals surface area contributed by atoms with Gasteiger partial charge in [0.15, 0.2) is 12.0 Å². The number of hydrogen-bond donors (Lipinski definition) is 0. The van der Waals surface area contributed by atoms with Crippen LogP contribution in [0.2, 0.25) is 0 Å². The predicted octanol–water partition coefficient (Wildman–Crippen LogP) is 2.73. The highest BCUT2D eigenvalue weighted by Crippen LogP contribution is 2.31. The fourth-order valence-corrected chi connectivity index (χ4v) is 4.65. The Morgan fingerprint density at radius 3 is 2.79 bits per heavy atom. The molecule has 2 saturated heterocycles. The molecular weight excluding hydrogens is 361 g/mol. The molecule has 1 aliphatic carbocycles. The van der Waals surface area contributed by atoms with Gasteiger partial charge in [0, 0.05) is 30.3 Å². The number of nitrogens with zero attached hydrogens (tertiary/aromatic N) is 3. The number of para-hydroxylation sites is 1. The van der Waals surface area contributed by atoms with Crippen LogP contribution in [-0.4, -0.2) is 53.2 Å². The lowest BCUT2D eigenvalue weighted by Gasteiger charge is -2.34. The maximum Gasteiger partial charge on any atom is 0.274 e. The fraction of sp³-hybridized carbons (Fsp3) is 0.524. The summed E-state index contributed by atoms with van der Waals surface area (Å²) in [5.74, 6) is -0.190. The Labute approximate surface area is 163 Å². The van der Waals surface area contributed by atoms with Crippen molar-refractivity contribution in [2.75, 3.05) is 26.3 Å². The van der Waals surface area contributed by atoms with Gasteiger partial charge in [-0.3, -0.25) is 4.79 Å². The molecule has 1 unspecified atom stereocenters. The molecule has 3 heterocycles. The molecule has 1 aromatic carbocycles. The Balaban J connectivity index is 1.44. The van der Waals surface area contributed by atoms with Crippen molar-refractivity contribution in [2.24, 2.45) is 5.92 Å². The number of piperidine rings is 1. The van der Waals surface area contributed by atoms with Gasteiger partial charge in [-0.2, -0.15) is 5.10 Å².